The number of amides is 1. The summed E-state index contributed by atoms with van der Waals surface area (Å²) in [5.41, 5.74) is 3.80. The number of hydrogen-bond donors (Lipinski definition) is 2. The summed E-state index contributed by atoms with van der Waals surface area (Å²) in [7, 11) is 0. The van der Waals surface area contributed by atoms with E-state index in [1.165, 1.54) is 17.0 Å². The van der Waals surface area contributed by atoms with Gasteiger partial charge < -0.3 is 10.4 Å². The Morgan fingerprint density at radius 1 is 1.12 bits per heavy atom. The highest BCUT2D eigenvalue weighted by Crippen LogP contribution is 2.34. The number of nitrogens with zero attached hydrogens (tertiary/aromatic N) is 1. The van der Waals surface area contributed by atoms with Crippen LogP contribution in [0.3, 0.4) is 0 Å². The summed E-state index contributed by atoms with van der Waals surface area (Å²) in [6.07, 6.45) is 1.59. The number of anilines is 1. The topological polar surface area (TPSA) is 52.6 Å². The average Bonchev–Trinajstić information content (AvgIpc) is 2.82. The van der Waals surface area contributed by atoms with Crippen molar-refractivity contribution in [3.05, 3.63) is 62.8 Å². The number of hydrogen-bond acceptors (Lipinski definition) is 3. The van der Waals surface area contributed by atoms with Crippen molar-refractivity contribution in [3.8, 4) is 5.75 Å². The molecule has 0 aliphatic carbocycles. The minimum Gasteiger partial charge on any atom is -0.505 e. The summed E-state index contributed by atoms with van der Waals surface area (Å²) in [6.45, 7) is 3.98. The molecule has 25 heavy (non-hydrogen) atoms. The van der Waals surface area contributed by atoms with Crippen LogP contribution in [0.5, 0.6) is 5.75 Å². The standard InChI is InChI=1S/C18H14Cl2N2O2S/c1-9-3-4-12(5-10(9)2)22-17(24)15(21-18(22)25)8-11-6-13(19)16(23)14(20)7-11/h3-8,23H,1-2H3,(H,21,25)/b15-8-. The predicted octanol–water partition coefficient (Wildman–Crippen LogP) is 4.58. The summed E-state index contributed by atoms with van der Waals surface area (Å²) >= 11 is 17.1. The van der Waals surface area contributed by atoms with E-state index < -0.39 is 0 Å². The lowest BCUT2D eigenvalue weighted by Gasteiger charge is -2.15. The second-order valence-corrected chi connectivity index (χ2v) is 6.93. The van der Waals surface area contributed by atoms with E-state index in [1.807, 2.05) is 32.0 Å². The molecule has 0 unspecified atom stereocenters. The fourth-order valence-electron chi connectivity index (χ4n) is 2.47. The largest absolute Gasteiger partial charge is 0.505 e. The van der Waals surface area contributed by atoms with Crippen molar-refractivity contribution in [2.45, 2.75) is 13.8 Å². The van der Waals surface area contributed by atoms with Crippen molar-refractivity contribution in [1.82, 2.24) is 5.32 Å². The Labute approximate surface area is 160 Å². The van der Waals surface area contributed by atoms with Crippen LogP contribution in [0.15, 0.2) is 36.0 Å². The summed E-state index contributed by atoms with van der Waals surface area (Å²) in [4.78, 5) is 14.2. The van der Waals surface area contributed by atoms with E-state index in [-0.39, 0.29) is 21.7 Å². The molecule has 1 aliphatic rings. The van der Waals surface area contributed by atoms with Gasteiger partial charge in [0.05, 0.1) is 15.7 Å². The van der Waals surface area contributed by atoms with Gasteiger partial charge in [-0.2, -0.15) is 0 Å². The van der Waals surface area contributed by atoms with Crippen molar-refractivity contribution in [3.63, 3.8) is 0 Å². The molecule has 7 heteroatoms. The third-order valence-electron chi connectivity index (χ3n) is 3.98. The van der Waals surface area contributed by atoms with Crippen molar-refractivity contribution in [1.29, 1.82) is 0 Å². The molecule has 0 radical (unpaired) electrons. The molecule has 3 rings (SSSR count). The number of nitrogens with one attached hydrogen (secondary N) is 1. The Balaban J connectivity index is 1.97. The molecule has 0 bridgehead atoms. The Hall–Kier alpha value is -2.08. The number of benzene rings is 2. The number of phenolic OH excluding ortho intramolecular Hbond substituents is 1. The van der Waals surface area contributed by atoms with Crippen LogP contribution < -0.4 is 10.2 Å². The molecule has 1 amide bonds. The number of phenols is 1. The van der Waals surface area contributed by atoms with Crippen LogP contribution in [-0.4, -0.2) is 16.1 Å². The van der Waals surface area contributed by atoms with Crippen LogP contribution in [0, 0.1) is 13.8 Å². The Kier molecular flexibility index (Phi) is 4.73. The normalized spacial score (nSPS) is 15.8. The van der Waals surface area contributed by atoms with E-state index in [2.05, 4.69) is 5.32 Å². The molecule has 2 N–H and O–H groups in total. The van der Waals surface area contributed by atoms with Crippen molar-refractivity contribution in [2.24, 2.45) is 0 Å². The first-order valence-electron chi connectivity index (χ1n) is 7.40. The molecule has 0 atom stereocenters. The molecule has 2 aromatic carbocycles. The van der Waals surface area contributed by atoms with Gasteiger partial charge in [-0.1, -0.05) is 29.3 Å². The monoisotopic (exact) mass is 392 g/mol. The smallest absolute Gasteiger partial charge is 0.281 e. The number of aryl methyl sites for hydroxylation is 2. The number of halogens is 2. The SMILES string of the molecule is Cc1ccc(N2C(=O)/C(=C/c3cc(Cl)c(O)c(Cl)c3)NC2=S)cc1C. The first-order valence-corrected chi connectivity index (χ1v) is 8.56. The molecular weight excluding hydrogens is 379 g/mol. The molecule has 128 valence electrons. The van der Waals surface area contributed by atoms with Gasteiger partial charge in [-0.15, -0.1) is 0 Å². The van der Waals surface area contributed by atoms with Gasteiger partial charge in [-0.05, 0) is 73.1 Å². The Morgan fingerprint density at radius 3 is 2.36 bits per heavy atom. The van der Waals surface area contributed by atoms with E-state index in [9.17, 15) is 9.90 Å². The van der Waals surface area contributed by atoms with E-state index in [0.29, 0.717) is 22.1 Å². The van der Waals surface area contributed by atoms with E-state index in [0.717, 1.165) is 11.1 Å². The van der Waals surface area contributed by atoms with Gasteiger partial charge in [-0.25, -0.2) is 0 Å². The van der Waals surface area contributed by atoms with Crippen LogP contribution in [0.2, 0.25) is 10.0 Å². The lowest BCUT2D eigenvalue weighted by Crippen LogP contribution is -2.30. The molecule has 2 aromatic rings. The molecule has 1 fully saturated rings. The summed E-state index contributed by atoms with van der Waals surface area (Å²) < 4.78 is 0. The second kappa shape index (κ2) is 6.67. The summed E-state index contributed by atoms with van der Waals surface area (Å²) in [5.74, 6) is -0.461. The number of thiocarbonyl (C=S) groups is 1. The molecule has 0 aromatic heterocycles. The van der Waals surface area contributed by atoms with E-state index in [1.54, 1.807) is 6.08 Å². The van der Waals surface area contributed by atoms with Gasteiger partial charge in [0.15, 0.2) is 10.9 Å². The van der Waals surface area contributed by atoms with Gasteiger partial charge in [0.25, 0.3) is 5.91 Å². The van der Waals surface area contributed by atoms with Crippen LogP contribution in [0.25, 0.3) is 6.08 Å². The van der Waals surface area contributed by atoms with Gasteiger partial charge in [0.2, 0.25) is 0 Å². The highest BCUT2D eigenvalue weighted by atomic mass is 35.5. The minimum atomic E-state index is -0.270. The van der Waals surface area contributed by atoms with Crippen LogP contribution in [0.4, 0.5) is 5.69 Å². The lowest BCUT2D eigenvalue weighted by molar-refractivity contribution is -0.113. The molecule has 4 nitrogen and oxygen atoms in total. The first kappa shape index (κ1) is 17.7. The zero-order valence-electron chi connectivity index (χ0n) is 13.4. The highest BCUT2D eigenvalue weighted by Gasteiger charge is 2.32. The van der Waals surface area contributed by atoms with Gasteiger partial charge in [-0.3, -0.25) is 9.69 Å². The molecule has 0 spiro atoms. The van der Waals surface area contributed by atoms with E-state index in [4.69, 9.17) is 35.4 Å². The maximum atomic E-state index is 12.7. The number of aromatic hydroxyl groups is 1. The quantitative estimate of drug-likeness (QED) is 0.580. The summed E-state index contributed by atoms with van der Waals surface area (Å²) in [5, 5.41) is 13.1. The lowest BCUT2D eigenvalue weighted by atomic mass is 10.1. The van der Waals surface area contributed by atoms with Crippen molar-refractivity contribution >= 4 is 58.2 Å². The third kappa shape index (κ3) is 3.35. The van der Waals surface area contributed by atoms with Crippen LogP contribution in [-0.2, 0) is 4.79 Å². The number of rotatable bonds is 2. The molecule has 1 aliphatic heterocycles. The zero-order chi connectivity index (χ0) is 18.3. The third-order valence-corrected chi connectivity index (χ3v) is 4.84. The zero-order valence-corrected chi connectivity index (χ0v) is 15.8. The summed E-state index contributed by atoms with van der Waals surface area (Å²) in [6, 6.07) is 8.75. The van der Waals surface area contributed by atoms with Gasteiger partial charge in [0, 0.05) is 0 Å². The maximum absolute atomic E-state index is 12.7. The first-order chi connectivity index (χ1) is 11.8. The van der Waals surface area contributed by atoms with Gasteiger partial charge >= 0.3 is 0 Å². The molecular formula is C18H14Cl2N2O2S. The molecule has 1 saturated heterocycles. The fraction of sp³-hybridized carbons (Fsp3) is 0.111. The Morgan fingerprint density at radius 2 is 1.76 bits per heavy atom. The maximum Gasteiger partial charge on any atom is 0.281 e. The fourth-order valence-corrected chi connectivity index (χ4v) is 3.27. The van der Waals surface area contributed by atoms with E-state index >= 15 is 0 Å². The molecule has 0 saturated carbocycles. The van der Waals surface area contributed by atoms with Crippen LogP contribution in [0.1, 0.15) is 16.7 Å². The van der Waals surface area contributed by atoms with Gasteiger partial charge in [0.1, 0.15) is 5.70 Å². The van der Waals surface area contributed by atoms with Crippen molar-refractivity contribution < 1.29 is 9.90 Å². The molecule has 1 heterocycles. The Bertz CT molecular complexity index is 918. The highest BCUT2D eigenvalue weighted by molar-refractivity contribution is 7.80. The number of carbonyl (C=O) groups excluding carboxylic acids is 1. The minimum absolute atomic E-state index is 0.110. The average molecular weight is 393 g/mol. The number of carbonyl (C=O) groups is 1. The second-order valence-electron chi connectivity index (χ2n) is 5.73. The predicted molar refractivity (Wildman–Crippen MR) is 105 cm³/mol. The van der Waals surface area contributed by atoms with Crippen LogP contribution >= 0.6 is 35.4 Å². The van der Waals surface area contributed by atoms with Crippen molar-refractivity contribution in [2.75, 3.05) is 4.90 Å².